The van der Waals surface area contributed by atoms with Gasteiger partial charge in [0.25, 0.3) is 11.8 Å². The predicted octanol–water partition coefficient (Wildman–Crippen LogP) is 1.07. The monoisotopic (exact) mass is 328 g/mol. The molecule has 0 unspecified atom stereocenters. The fraction of sp³-hybridized carbons (Fsp3) is 0.357. The molecule has 0 saturated heterocycles. The zero-order valence-electron chi connectivity index (χ0n) is 12.2. The van der Waals surface area contributed by atoms with E-state index in [2.05, 4.69) is 10.9 Å². The Morgan fingerprint density at radius 2 is 1.59 bits per heavy atom. The van der Waals surface area contributed by atoms with Crippen LogP contribution in [0.15, 0.2) is 24.3 Å². The van der Waals surface area contributed by atoms with E-state index in [1.807, 2.05) is 0 Å². The number of hydrogen-bond donors (Lipinski definition) is 2. The SMILES string of the molecule is CC(C)C(=O)OCC(=O)NNC(=O)COc1ccc(Cl)cc1. The number of carbonyl (C=O) groups excluding carboxylic acids is 3. The van der Waals surface area contributed by atoms with Gasteiger partial charge < -0.3 is 9.47 Å². The Labute approximate surface area is 132 Å². The van der Waals surface area contributed by atoms with Crippen molar-refractivity contribution < 1.29 is 23.9 Å². The molecule has 0 bridgehead atoms. The van der Waals surface area contributed by atoms with E-state index in [0.29, 0.717) is 10.8 Å². The molecule has 0 aliphatic heterocycles. The number of amides is 2. The molecule has 0 spiro atoms. The van der Waals surface area contributed by atoms with Gasteiger partial charge in [0, 0.05) is 5.02 Å². The summed E-state index contributed by atoms with van der Waals surface area (Å²) < 4.78 is 9.87. The van der Waals surface area contributed by atoms with Gasteiger partial charge in [0.05, 0.1) is 5.92 Å². The summed E-state index contributed by atoms with van der Waals surface area (Å²) in [4.78, 5) is 33.9. The smallest absolute Gasteiger partial charge is 0.308 e. The lowest BCUT2D eigenvalue weighted by atomic mass is 10.2. The van der Waals surface area contributed by atoms with E-state index in [0.717, 1.165) is 0 Å². The van der Waals surface area contributed by atoms with Crippen LogP contribution < -0.4 is 15.6 Å². The van der Waals surface area contributed by atoms with Gasteiger partial charge in [0.1, 0.15) is 5.75 Å². The van der Waals surface area contributed by atoms with E-state index in [1.165, 1.54) is 0 Å². The molecule has 2 amide bonds. The maximum atomic E-state index is 11.4. The lowest BCUT2D eigenvalue weighted by Gasteiger charge is -2.10. The summed E-state index contributed by atoms with van der Waals surface area (Å²) in [6.45, 7) is 2.55. The van der Waals surface area contributed by atoms with Crippen LogP contribution in [0.4, 0.5) is 0 Å². The van der Waals surface area contributed by atoms with Crippen molar-refractivity contribution in [2.24, 2.45) is 5.92 Å². The average Bonchev–Trinajstić information content (AvgIpc) is 2.49. The Bertz CT molecular complexity index is 531. The quantitative estimate of drug-likeness (QED) is 0.601. The van der Waals surface area contributed by atoms with Crippen LogP contribution in [0.1, 0.15) is 13.8 Å². The van der Waals surface area contributed by atoms with Gasteiger partial charge in [-0.05, 0) is 24.3 Å². The molecule has 1 rings (SSSR count). The first kappa shape index (κ1) is 17.8. The number of benzene rings is 1. The van der Waals surface area contributed by atoms with E-state index in [9.17, 15) is 14.4 Å². The molecule has 1 aromatic rings. The first-order chi connectivity index (χ1) is 10.4. The Kier molecular flexibility index (Phi) is 7.18. The zero-order chi connectivity index (χ0) is 16.5. The van der Waals surface area contributed by atoms with Crippen LogP contribution in [0.2, 0.25) is 5.02 Å². The molecule has 0 aliphatic rings. The van der Waals surface area contributed by atoms with Crippen LogP contribution in [-0.4, -0.2) is 31.0 Å². The maximum Gasteiger partial charge on any atom is 0.308 e. The minimum atomic E-state index is -0.645. The van der Waals surface area contributed by atoms with Gasteiger partial charge in [0.15, 0.2) is 13.2 Å². The molecule has 0 heterocycles. The highest BCUT2D eigenvalue weighted by atomic mass is 35.5. The summed E-state index contributed by atoms with van der Waals surface area (Å²) in [5, 5.41) is 0.556. The van der Waals surface area contributed by atoms with Gasteiger partial charge >= 0.3 is 5.97 Å². The number of rotatable bonds is 6. The number of esters is 1. The normalized spacial score (nSPS) is 10.0. The Balaban J connectivity index is 2.21. The average molecular weight is 329 g/mol. The molecule has 22 heavy (non-hydrogen) atoms. The highest BCUT2D eigenvalue weighted by molar-refractivity contribution is 6.30. The lowest BCUT2D eigenvalue weighted by molar-refractivity contribution is -0.152. The lowest BCUT2D eigenvalue weighted by Crippen LogP contribution is -2.45. The van der Waals surface area contributed by atoms with Gasteiger partial charge in [-0.3, -0.25) is 25.2 Å². The van der Waals surface area contributed by atoms with Crippen LogP contribution in [0.3, 0.4) is 0 Å². The Morgan fingerprint density at radius 3 is 2.14 bits per heavy atom. The molecule has 0 radical (unpaired) electrons. The van der Waals surface area contributed by atoms with E-state index in [-0.39, 0.29) is 12.5 Å². The molecule has 8 heteroatoms. The predicted molar refractivity (Wildman–Crippen MR) is 79.0 cm³/mol. The van der Waals surface area contributed by atoms with Crippen molar-refractivity contribution in [3.8, 4) is 5.75 Å². The Hall–Kier alpha value is -2.28. The van der Waals surface area contributed by atoms with Crippen LogP contribution in [0, 0.1) is 5.92 Å². The Morgan fingerprint density at radius 1 is 1.05 bits per heavy atom. The molecule has 1 aromatic carbocycles. The fourth-order valence-corrected chi connectivity index (χ4v) is 1.32. The van der Waals surface area contributed by atoms with E-state index < -0.39 is 24.4 Å². The summed E-state index contributed by atoms with van der Waals surface area (Å²) >= 11 is 5.71. The van der Waals surface area contributed by atoms with E-state index in [1.54, 1.807) is 38.1 Å². The van der Waals surface area contributed by atoms with Gasteiger partial charge in [-0.1, -0.05) is 25.4 Å². The van der Waals surface area contributed by atoms with Gasteiger partial charge in [0.2, 0.25) is 0 Å². The van der Waals surface area contributed by atoms with Crippen LogP contribution in [0.5, 0.6) is 5.75 Å². The number of carbonyl (C=O) groups is 3. The van der Waals surface area contributed by atoms with Crippen molar-refractivity contribution in [1.29, 1.82) is 0 Å². The second-order valence-corrected chi connectivity index (χ2v) is 5.04. The molecule has 0 saturated carbocycles. The molecule has 0 atom stereocenters. The van der Waals surface area contributed by atoms with Gasteiger partial charge in [-0.15, -0.1) is 0 Å². The van der Waals surface area contributed by atoms with Crippen molar-refractivity contribution >= 4 is 29.4 Å². The van der Waals surface area contributed by atoms with E-state index >= 15 is 0 Å². The summed E-state index contributed by atoms with van der Waals surface area (Å²) in [5.41, 5.74) is 4.24. The molecule has 120 valence electrons. The summed E-state index contributed by atoms with van der Waals surface area (Å²) in [7, 11) is 0. The van der Waals surface area contributed by atoms with Crippen molar-refractivity contribution in [2.45, 2.75) is 13.8 Å². The minimum Gasteiger partial charge on any atom is -0.484 e. The van der Waals surface area contributed by atoms with Crippen LogP contribution in [0.25, 0.3) is 0 Å². The third-order valence-corrected chi connectivity index (χ3v) is 2.59. The number of hydrazine groups is 1. The minimum absolute atomic E-state index is 0.284. The highest BCUT2D eigenvalue weighted by Gasteiger charge is 2.11. The topological polar surface area (TPSA) is 93.7 Å². The standard InChI is InChI=1S/C14H17ClN2O5/c1-9(2)14(20)22-8-13(19)17-16-12(18)7-21-11-5-3-10(15)4-6-11/h3-6,9H,7-8H2,1-2H3,(H,16,18)(H,17,19). The molecular weight excluding hydrogens is 312 g/mol. The molecule has 0 aliphatic carbocycles. The zero-order valence-corrected chi connectivity index (χ0v) is 13.0. The number of ether oxygens (including phenoxy) is 2. The van der Waals surface area contributed by atoms with E-state index in [4.69, 9.17) is 21.1 Å². The first-order valence-electron chi connectivity index (χ1n) is 6.51. The second-order valence-electron chi connectivity index (χ2n) is 4.60. The van der Waals surface area contributed by atoms with Gasteiger partial charge in [-0.25, -0.2) is 0 Å². The van der Waals surface area contributed by atoms with Crippen molar-refractivity contribution in [2.75, 3.05) is 13.2 Å². The summed E-state index contributed by atoms with van der Waals surface area (Å²) in [5.74, 6) is -1.55. The number of hydrogen-bond acceptors (Lipinski definition) is 5. The number of halogens is 1. The maximum absolute atomic E-state index is 11.4. The molecule has 0 aromatic heterocycles. The molecule has 2 N–H and O–H groups in total. The molecular formula is C14H17ClN2O5. The molecule has 7 nitrogen and oxygen atoms in total. The third-order valence-electron chi connectivity index (χ3n) is 2.34. The summed E-state index contributed by atoms with van der Waals surface area (Å²) in [6.07, 6.45) is 0. The van der Waals surface area contributed by atoms with Gasteiger partial charge in [-0.2, -0.15) is 0 Å². The number of nitrogens with one attached hydrogen (secondary N) is 2. The summed E-state index contributed by atoms with van der Waals surface area (Å²) in [6, 6.07) is 6.47. The largest absolute Gasteiger partial charge is 0.484 e. The van der Waals surface area contributed by atoms with Crippen molar-refractivity contribution in [3.63, 3.8) is 0 Å². The first-order valence-corrected chi connectivity index (χ1v) is 6.89. The third kappa shape index (κ3) is 6.94. The van der Waals surface area contributed by atoms with Crippen molar-refractivity contribution in [3.05, 3.63) is 29.3 Å². The van der Waals surface area contributed by atoms with Crippen LogP contribution in [-0.2, 0) is 19.1 Å². The molecule has 0 fully saturated rings. The fourth-order valence-electron chi connectivity index (χ4n) is 1.19. The second kappa shape index (κ2) is 8.89. The van der Waals surface area contributed by atoms with Crippen molar-refractivity contribution in [1.82, 2.24) is 10.9 Å². The highest BCUT2D eigenvalue weighted by Crippen LogP contribution is 2.15. The van der Waals surface area contributed by atoms with Crippen LogP contribution >= 0.6 is 11.6 Å².